The number of carbonyl (C=O) groups is 2. The molecule has 0 spiro atoms. The Morgan fingerprint density at radius 3 is 2.53 bits per heavy atom. The standard InChI is InChI=1S/C31H28BrF3N6O2/c1-21-4-5-23(17-22(21)7-9-26-19-36-29-3-2-11-37-41(26)29)30(43)38-25-8-6-24(27(18-25)31(33,34)35)20-40-15-13-39(14-16-40)12-10-28(32)42/h2-6,8,11,17-19H,10,12-16,20H2,1H3,(H,38,43). The number of nitrogens with one attached hydrogen (secondary N) is 1. The molecule has 43 heavy (non-hydrogen) atoms. The van der Waals surface area contributed by atoms with E-state index < -0.39 is 17.6 Å². The van der Waals surface area contributed by atoms with Gasteiger partial charge < -0.3 is 10.2 Å². The largest absolute Gasteiger partial charge is 0.416 e. The van der Waals surface area contributed by atoms with Crippen LogP contribution in [0.4, 0.5) is 18.9 Å². The van der Waals surface area contributed by atoms with E-state index in [1.807, 2.05) is 17.9 Å². The van der Waals surface area contributed by atoms with Crippen molar-refractivity contribution in [3.63, 3.8) is 0 Å². The fourth-order valence-electron chi connectivity index (χ4n) is 4.86. The molecule has 0 unspecified atom stereocenters. The Labute approximate surface area is 255 Å². The maximum absolute atomic E-state index is 14.1. The van der Waals surface area contributed by atoms with Crippen molar-refractivity contribution < 1.29 is 22.8 Å². The number of imidazole rings is 1. The van der Waals surface area contributed by atoms with Gasteiger partial charge in [0.25, 0.3) is 5.91 Å². The van der Waals surface area contributed by atoms with Crippen LogP contribution in [0.5, 0.6) is 0 Å². The molecule has 12 heteroatoms. The Morgan fingerprint density at radius 1 is 1.02 bits per heavy atom. The van der Waals surface area contributed by atoms with Gasteiger partial charge in [-0.05, 0) is 76.3 Å². The molecule has 0 atom stereocenters. The number of fused-ring (bicyclic) bond motifs is 1. The summed E-state index contributed by atoms with van der Waals surface area (Å²) in [5.41, 5.74) is 2.36. The number of hydrogen-bond acceptors (Lipinski definition) is 6. The highest BCUT2D eigenvalue weighted by Gasteiger charge is 2.34. The molecule has 0 saturated carbocycles. The second kappa shape index (κ2) is 13.1. The number of carbonyl (C=O) groups excluding carboxylic acids is 2. The van der Waals surface area contributed by atoms with Crippen molar-refractivity contribution in [3.05, 3.63) is 94.4 Å². The molecule has 4 aromatic rings. The Morgan fingerprint density at radius 2 is 1.79 bits per heavy atom. The van der Waals surface area contributed by atoms with Gasteiger partial charge in [-0.1, -0.05) is 18.1 Å². The number of anilines is 1. The first-order valence-electron chi connectivity index (χ1n) is 13.6. The summed E-state index contributed by atoms with van der Waals surface area (Å²) < 4.78 is 43.8. The zero-order valence-electron chi connectivity index (χ0n) is 23.3. The molecule has 2 aromatic heterocycles. The Kier molecular flexibility index (Phi) is 9.25. The Hall–Kier alpha value is -4.05. The van der Waals surface area contributed by atoms with Gasteiger partial charge in [0.1, 0.15) is 5.69 Å². The average molecular weight is 654 g/mol. The third-order valence-corrected chi connectivity index (χ3v) is 7.66. The summed E-state index contributed by atoms with van der Waals surface area (Å²) in [5, 5.41) is 6.85. The van der Waals surface area contributed by atoms with Crippen molar-refractivity contribution in [1.29, 1.82) is 0 Å². The van der Waals surface area contributed by atoms with Crippen molar-refractivity contribution in [2.24, 2.45) is 0 Å². The topological polar surface area (TPSA) is 82.8 Å². The summed E-state index contributed by atoms with van der Waals surface area (Å²) in [6.07, 6.45) is -0.957. The molecule has 1 amide bonds. The van der Waals surface area contributed by atoms with Crippen LogP contribution >= 0.6 is 15.9 Å². The highest BCUT2D eigenvalue weighted by atomic mass is 79.9. The van der Waals surface area contributed by atoms with Gasteiger partial charge in [0.05, 0.1) is 11.8 Å². The number of aryl methyl sites for hydroxylation is 1. The van der Waals surface area contributed by atoms with Crippen molar-refractivity contribution in [1.82, 2.24) is 24.4 Å². The molecule has 8 nitrogen and oxygen atoms in total. The van der Waals surface area contributed by atoms with Gasteiger partial charge in [-0.15, -0.1) is 0 Å². The van der Waals surface area contributed by atoms with Gasteiger partial charge in [-0.3, -0.25) is 14.5 Å². The maximum atomic E-state index is 14.1. The van der Waals surface area contributed by atoms with E-state index in [-0.39, 0.29) is 28.1 Å². The Balaban J connectivity index is 1.28. The summed E-state index contributed by atoms with van der Waals surface area (Å²) in [7, 11) is 0. The minimum absolute atomic E-state index is 0.0512. The van der Waals surface area contributed by atoms with Crippen molar-refractivity contribution in [3.8, 4) is 11.8 Å². The third kappa shape index (κ3) is 7.67. The smallest absolute Gasteiger partial charge is 0.322 e. The van der Waals surface area contributed by atoms with E-state index in [4.69, 9.17) is 0 Å². The monoisotopic (exact) mass is 652 g/mol. The summed E-state index contributed by atoms with van der Waals surface area (Å²) >= 11 is 2.92. The van der Waals surface area contributed by atoms with E-state index >= 15 is 0 Å². The molecule has 2 aromatic carbocycles. The molecular weight excluding hydrogens is 625 g/mol. The predicted octanol–water partition coefficient (Wildman–Crippen LogP) is 5.14. The van der Waals surface area contributed by atoms with Gasteiger partial charge in [0.15, 0.2) is 10.3 Å². The highest BCUT2D eigenvalue weighted by molar-refractivity contribution is 9.18. The van der Waals surface area contributed by atoms with Crippen LogP contribution in [0, 0.1) is 18.8 Å². The lowest BCUT2D eigenvalue weighted by atomic mass is 10.0. The first kappa shape index (κ1) is 30.4. The predicted molar refractivity (Wildman–Crippen MR) is 160 cm³/mol. The molecule has 222 valence electrons. The molecule has 3 heterocycles. The summed E-state index contributed by atoms with van der Waals surface area (Å²) in [5.74, 6) is 5.54. The zero-order valence-corrected chi connectivity index (χ0v) is 24.9. The molecule has 1 aliphatic rings. The lowest BCUT2D eigenvalue weighted by Crippen LogP contribution is -2.46. The molecular formula is C31H28BrF3N6O2. The van der Waals surface area contributed by atoms with Crippen LogP contribution in [0.3, 0.4) is 0 Å². The van der Waals surface area contributed by atoms with Crippen LogP contribution in [-0.2, 0) is 17.5 Å². The molecule has 0 aliphatic carbocycles. The normalized spacial score (nSPS) is 14.3. The van der Waals surface area contributed by atoms with Crippen LogP contribution in [0.2, 0.25) is 0 Å². The zero-order chi connectivity index (χ0) is 30.6. The van der Waals surface area contributed by atoms with Gasteiger partial charge in [-0.2, -0.15) is 18.3 Å². The molecule has 1 N–H and O–H groups in total. The second-order valence-corrected chi connectivity index (χ2v) is 11.1. The van der Waals surface area contributed by atoms with Crippen LogP contribution in [0.25, 0.3) is 5.65 Å². The fourth-order valence-corrected chi connectivity index (χ4v) is 5.04. The minimum atomic E-state index is -4.59. The number of aromatic nitrogens is 3. The fraction of sp³-hybridized carbons (Fsp3) is 0.290. The quantitative estimate of drug-likeness (QED) is 0.220. The van der Waals surface area contributed by atoms with Crippen molar-refractivity contribution in [2.45, 2.75) is 26.1 Å². The number of amides is 1. The van der Waals surface area contributed by atoms with E-state index in [1.165, 1.54) is 12.1 Å². The lowest BCUT2D eigenvalue weighted by molar-refractivity contribution is -0.138. The van der Waals surface area contributed by atoms with Crippen LogP contribution in [0.15, 0.2) is 60.9 Å². The number of halogens is 4. The lowest BCUT2D eigenvalue weighted by Gasteiger charge is -2.35. The minimum Gasteiger partial charge on any atom is -0.322 e. The molecule has 1 aliphatic heterocycles. The Bertz CT molecular complexity index is 1720. The molecule has 5 rings (SSSR count). The summed E-state index contributed by atoms with van der Waals surface area (Å²) in [6.45, 7) is 5.16. The van der Waals surface area contributed by atoms with Gasteiger partial charge in [-0.25, -0.2) is 9.50 Å². The maximum Gasteiger partial charge on any atom is 0.416 e. The first-order chi connectivity index (χ1) is 20.6. The van der Waals surface area contributed by atoms with E-state index in [0.717, 1.165) is 11.6 Å². The molecule has 0 bridgehead atoms. The van der Waals surface area contributed by atoms with Crippen molar-refractivity contribution >= 4 is 37.9 Å². The number of rotatable bonds is 7. The number of piperazine rings is 1. The van der Waals surface area contributed by atoms with Gasteiger partial charge in [0.2, 0.25) is 0 Å². The third-order valence-electron chi connectivity index (χ3n) is 7.26. The van der Waals surface area contributed by atoms with Crippen LogP contribution in [0.1, 0.15) is 44.7 Å². The number of alkyl halides is 3. The summed E-state index contributed by atoms with van der Waals surface area (Å²) in [4.78, 5) is 32.6. The highest BCUT2D eigenvalue weighted by Crippen LogP contribution is 2.35. The van der Waals surface area contributed by atoms with E-state index in [0.29, 0.717) is 56.0 Å². The molecule has 0 radical (unpaired) electrons. The van der Waals surface area contributed by atoms with E-state index in [9.17, 15) is 22.8 Å². The van der Waals surface area contributed by atoms with E-state index in [2.05, 4.69) is 48.1 Å². The van der Waals surface area contributed by atoms with Crippen LogP contribution in [-0.4, -0.2) is 67.7 Å². The second-order valence-electron chi connectivity index (χ2n) is 10.3. The van der Waals surface area contributed by atoms with Gasteiger partial charge >= 0.3 is 6.18 Å². The van der Waals surface area contributed by atoms with E-state index in [1.54, 1.807) is 41.2 Å². The SMILES string of the molecule is Cc1ccc(C(=O)Nc2ccc(CN3CCN(CCC(=O)Br)CC3)c(C(F)(F)F)c2)cc1C#Cc1cnc2cccnn12. The number of benzene rings is 2. The molecule has 1 saturated heterocycles. The number of nitrogens with zero attached hydrogens (tertiary/aromatic N) is 5. The molecule has 1 fully saturated rings. The first-order valence-corrected chi connectivity index (χ1v) is 14.4. The number of hydrogen-bond donors (Lipinski definition) is 1. The average Bonchev–Trinajstić information content (AvgIpc) is 3.39. The van der Waals surface area contributed by atoms with Crippen LogP contribution < -0.4 is 5.32 Å². The summed E-state index contributed by atoms with van der Waals surface area (Å²) in [6, 6.07) is 12.4. The van der Waals surface area contributed by atoms with Crippen molar-refractivity contribution in [2.75, 3.05) is 38.0 Å². The van der Waals surface area contributed by atoms with Gasteiger partial charge in [0, 0.05) is 68.7 Å².